The first-order valence-corrected chi connectivity index (χ1v) is 9.41. The van der Waals surface area contributed by atoms with Crippen molar-refractivity contribution in [1.82, 2.24) is 5.32 Å². The van der Waals surface area contributed by atoms with Gasteiger partial charge in [0.1, 0.15) is 5.75 Å². The molecule has 0 saturated carbocycles. The van der Waals surface area contributed by atoms with E-state index in [4.69, 9.17) is 4.74 Å². The smallest absolute Gasteiger partial charge is 0.220 e. The monoisotopic (exact) mass is 353 g/mol. The topological polar surface area (TPSA) is 38.3 Å². The molecule has 0 fully saturated rings. The summed E-state index contributed by atoms with van der Waals surface area (Å²) in [6.07, 6.45) is 2.10. The third kappa shape index (κ3) is 4.60. The maximum Gasteiger partial charge on any atom is 0.220 e. The second-order valence-corrected chi connectivity index (χ2v) is 7.19. The highest BCUT2D eigenvalue weighted by Gasteiger charge is 2.11. The number of amides is 1. The number of rotatable bonds is 7. The number of aryl methyl sites for hydroxylation is 1. The van der Waals surface area contributed by atoms with Gasteiger partial charge in [0.15, 0.2) is 0 Å². The van der Waals surface area contributed by atoms with Crippen LogP contribution in [0.3, 0.4) is 0 Å². The summed E-state index contributed by atoms with van der Waals surface area (Å²) in [6.45, 7) is 2.07. The fourth-order valence-electron chi connectivity index (χ4n) is 2.97. The Hall–Kier alpha value is -2.33. The Balaban J connectivity index is 1.50. The molecular formula is C21H23NO2S. The van der Waals surface area contributed by atoms with Crippen LogP contribution in [0.2, 0.25) is 0 Å². The summed E-state index contributed by atoms with van der Waals surface area (Å²) in [6, 6.07) is 16.4. The van der Waals surface area contributed by atoms with Crippen LogP contribution in [0.15, 0.2) is 53.9 Å². The standard InChI is InChI=1S/C21H23NO2S/c1-15(13-17-14-25-20-6-4-3-5-19(17)20)22-21(23)12-9-16-7-10-18(24-2)11-8-16/h3-8,10-11,14-15H,9,12-13H2,1-2H3,(H,22,23). The maximum atomic E-state index is 12.2. The van der Waals surface area contributed by atoms with Crippen LogP contribution in [0.1, 0.15) is 24.5 Å². The van der Waals surface area contributed by atoms with Gasteiger partial charge < -0.3 is 10.1 Å². The van der Waals surface area contributed by atoms with Gasteiger partial charge in [0.2, 0.25) is 5.91 Å². The Bertz CT molecular complexity index is 838. The van der Waals surface area contributed by atoms with Crippen LogP contribution in [0.25, 0.3) is 10.1 Å². The van der Waals surface area contributed by atoms with Gasteiger partial charge in [-0.3, -0.25) is 4.79 Å². The maximum absolute atomic E-state index is 12.2. The van der Waals surface area contributed by atoms with Gasteiger partial charge in [0.25, 0.3) is 0 Å². The van der Waals surface area contributed by atoms with Crippen LogP contribution in [-0.2, 0) is 17.6 Å². The molecule has 1 aromatic heterocycles. The third-order valence-electron chi connectivity index (χ3n) is 4.29. The van der Waals surface area contributed by atoms with E-state index in [2.05, 4.69) is 41.9 Å². The second kappa shape index (κ2) is 8.17. The van der Waals surface area contributed by atoms with E-state index in [-0.39, 0.29) is 11.9 Å². The number of hydrogen-bond donors (Lipinski definition) is 1. The van der Waals surface area contributed by atoms with Crippen LogP contribution in [0.4, 0.5) is 0 Å². The molecule has 3 aromatic rings. The minimum Gasteiger partial charge on any atom is -0.497 e. The van der Waals surface area contributed by atoms with E-state index in [9.17, 15) is 4.79 Å². The molecule has 0 aliphatic carbocycles. The van der Waals surface area contributed by atoms with Gasteiger partial charge in [-0.1, -0.05) is 30.3 Å². The molecule has 4 heteroatoms. The van der Waals surface area contributed by atoms with Crippen molar-refractivity contribution in [3.8, 4) is 5.75 Å². The first kappa shape index (κ1) is 17.5. The van der Waals surface area contributed by atoms with E-state index >= 15 is 0 Å². The van der Waals surface area contributed by atoms with Crippen molar-refractivity contribution in [2.45, 2.75) is 32.2 Å². The fraction of sp³-hybridized carbons (Fsp3) is 0.286. The summed E-state index contributed by atoms with van der Waals surface area (Å²) in [7, 11) is 1.65. The molecule has 0 aliphatic heterocycles. The molecule has 2 aromatic carbocycles. The number of carbonyl (C=O) groups is 1. The number of carbonyl (C=O) groups excluding carboxylic acids is 1. The quantitative estimate of drug-likeness (QED) is 0.675. The second-order valence-electron chi connectivity index (χ2n) is 6.28. The molecule has 1 heterocycles. The number of fused-ring (bicyclic) bond motifs is 1. The van der Waals surface area contributed by atoms with Crippen LogP contribution >= 0.6 is 11.3 Å². The molecule has 0 saturated heterocycles. The Morgan fingerprint density at radius 1 is 1.16 bits per heavy atom. The van der Waals surface area contributed by atoms with Crippen molar-refractivity contribution in [2.24, 2.45) is 0 Å². The lowest BCUT2D eigenvalue weighted by molar-refractivity contribution is -0.121. The van der Waals surface area contributed by atoms with E-state index in [0.29, 0.717) is 6.42 Å². The molecule has 25 heavy (non-hydrogen) atoms. The van der Waals surface area contributed by atoms with Gasteiger partial charge in [-0.2, -0.15) is 0 Å². The van der Waals surface area contributed by atoms with Crippen molar-refractivity contribution in [2.75, 3.05) is 7.11 Å². The van der Waals surface area contributed by atoms with Crippen LogP contribution in [0, 0.1) is 0 Å². The van der Waals surface area contributed by atoms with Crippen molar-refractivity contribution in [3.63, 3.8) is 0 Å². The summed E-state index contributed by atoms with van der Waals surface area (Å²) in [5.41, 5.74) is 2.45. The Morgan fingerprint density at radius 3 is 2.68 bits per heavy atom. The van der Waals surface area contributed by atoms with Crippen LogP contribution in [-0.4, -0.2) is 19.1 Å². The summed E-state index contributed by atoms with van der Waals surface area (Å²) in [5, 5.41) is 6.61. The highest BCUT2D eigenvalue weighted by Crippen LogP contribution is 2.26. The van der Waals surface area contributed by atoms with Crippen molar-refractivity contribution < 1.29 is 9.53 Å². The largest absolute Gasteiger partial charge is 0.497 e. The third-order valence-corrected chi connectivity index (χ3v) is 5.31. The number of hydrogen-bond acceptors (Lipinski definition) is 3. The van der Waals surface area contributed by atoms with E-state index in [1.54, 1.807) is 18.4 Å². The zero-order chi connectivity index (χ0) is 17.6. The summed E-state index contributed by atoms with van der Waals surface area (Å²) in [5.74, 6) is 0.938. The number of thiophene rings is 1. The summed E-state index contributed by atoms with van der Waals surface area (Å²) >= 11 is 1.76. The normalized spacial score (nSPS) is 12.1. The van der Waals surface area contributed by atoms with Crippen molar-refractivity contribution in [3.05, 3.63) is 65.0 Å². The first-order valence-electron chi connectivity index (χ1n) is 8.53. The molecule has 1 atom stereocenters. The number of benzene rings is 2. The van der Waals surface area contributed by atoms with Crippen molar-refractivity contribution >= 4 is 27.3 Å². The minimum absolute atomic E-state index is 0.0999. The van der Waals surface area contributed by atoms with Gasteiger partial charge in [-0.25, -0.2) is 0 Å². The predicted molar refractivity (Wildman–Crippen MR) is 104 cm³/mol. The molecule has 0 bridgehead atoms. The van der Waals surface area contributed by atoms with Gasteiger partial charge in [0.05, 0.1) is 7.11 Å². The number of nitrogens with one attached hydrogen (secondary N) is 1. The zero-order valence-electron chi connectivity index (χ0n) is 14.6. The molecule has 1 N–H and O–H groups in total. The lowest BCUT2D eigenvalue weighted by atomic mass is 10.1. The van der Waals surface area contributed by atoms with Gasteiger partial charge in [0, 0.05) is 17.2 Å². The van der Waals surface area contributed by atoms with Gasteiger partial charge >= 0.3 is 0 Å². The van der Waals surface area contributed by atoms with Crippen LogP contribution < -0.4 is 10.1 Å². The molecule has 3 nitrogen and oxygen atoms in total. The van der Waals surface area contributed by atoms with Crippen LogP contribution in [0.5, 0.6) is 5.75 Å². The molecule has 0 radical (unpaired) electrons. The molecule has 1 amide bonds. The fourth-order valence-corrected chi connectivity index (χ4v) is 3.94. The highest BCUT2D eigenvalue weighted by atomic mass is 32.1. The predicted octanol–water partition coefficient (Wildman–Crippen LogP) is 4.59. The molecule has 130 valence electrons. The summed E-state index contributed by atoms with van der Waals surface area (Å²) in [4.78, 5) is 12.2. The molecular weight excluding hydrogens is 330 g/mol. The molecule has 0 aliphatic rings. The zero-order valence-corrected chi connectivity index (χ0v) is 15.4. The average molecular weight is 353 g/mol. The number of methoxy groups -OCH3 is 1. The van der Waals surface area contributed by atoms with Gasteiger partial charge in [-0.05, 0) is 59.9 Å². The Labute approximate surface area is 152 Å². The summed E-state index contributed by atoms with van der Waals surface area (Å²) < 4.78 is 6.45. The Kier molecular flexibility index (Phi) is 5.71. The SMILES string of the molecule is COc1ccc(CCC(=O)NC(C)Cc2csc3ccccc23)cc1. The highest BCUT2D eigenvalue weighted by molar-refractivity contribution is 7.17. The van der Waals surface area contributed by atoms with Crippen molar-refractivity contribution in [1.29, 1.82) is 0 Å². The van der Waals surface area contributed by atoms with E-state index < -0.39 is 0 Å². The molecule has 1 unspecified atom stereocenters. The number of ether oxygens (including phenoxy) is 1. The van der Waals surface area contributed by atoms with Gasteiger partial charge in [-0.15, -0.1) is 11.3 Å². The minimum atomic E-state index is 0.0999. The van der Waals surface area contributed by atoms with E-state index in [1.807, 2.05) is 24.3 Å². The van der Waals surface area contributed by atoms with E-state index in [0.717, 1.165) is 24.2 Å². The lowest BCUT2D eigenvalue weighted by Gasteiger charge is -2.13. The average Bonchev–Trinajstić information content (AvgIpc) is 3.03. The molecule has 3 rings (SSSR count). The Morgan fingerprint density at radius 2 is 1.92 bits per heavy atom. The van der Waals surface area contributed by atoms with E-state index in [1.165, 1.54) is 15.6 Å². The molecule has 0 spiro atoms. The lowest BCUT2D eigenvalue weighted by Crippen LogP contribution is -2.34. The first-order chi connectivity index (χ1) is 12.2.